The van der Waals surface area contributed by atoms with E-state index in [1.165, 1.54) is 0 Å². The number of nitrogens with two attached hydrogens (primary N) is 1. The smallest absolute Gasteiger partial charge is 0.240 e. The molecule has 3 N–H and O–H groups in total. The molecule has 0 bridgehead atoms. The minimum Gasteiger partial charge on any atom is -0.490 e. The summed E-state index contributed by atoms with van der Waals surface area (Å²) in [5.41, 5.74) is 2.12. The summed E-state index contributed by atoms with van der Waals surface area (Å²) < 4.78 is 5.54. The van der Waals surface area contributed by atoms with Crippen molar-refractivity contribution in [3.05, 3.63) is 30.3 Å². The number of carbonyl (C=O) groups excluding carboxylic acids is 1. The maximum absolute atomic E-state index is 11.1. The first-order chi connectivity index (χ1) is 6.81. The van der Waals surface area contributed by atoms with E-state index in [2.05, 4.69) is 5.43 Å². The topological polar surface area (TPSA) is 64.3 Å². The lowest BCUT2D eigenvalue weighted by molar-refractivity contribution is -0.122. The molecule has 1 aromatic carbocycles. The van der Waals surface area contributed by atoms with Crippen LogP contribution in [0, 0.1) is 5.92 Å². The highest BCUT2D eigenvalue weighted by Gasteiger charge is 2.45. The molecule has 0 heterocycles. The molecule has 0 saturated heterocycles. The van der Waals surface area contributed by atoms with E-state index < -0.39 is 0 Å². The van der Waals surface area contributed by atoms with Crippen LogP contribution in [0.5, 0.6) is 5.75 Å². The lowest BCUT2D eigenvalue weighted by Gasteiger charge is -2.04. The Bertz CT molecular complexity index is 326. The van der Waals surface area contributed by atoms with Gasteiger partial charge in [-0.25, -0.2) is 5.84 Å². The number of hydrogen-bond donors (Lipinski definition) is 2. The van der Waals surface area contributed by atoms with E-state index in [9.17, 15) is 4.79 Å². The third-order valence-corrected chi connectivity index (χ3v) is 2.24. The summed E-state index contributed by atoms with van der Waals surface area (Å²) in [5, 5.41) is 0. The Balaban J connectivity index is 1.88. The summed E-state index contributed by atoms with van der Waals surface area (Å²) in [6, 6.07) is 9.46. The van der Waals surface area contributed by atoms with Crippen LogP contribution in [-0.4, -0.2) is 12.0 Å². The highest BCUT2D eigenvalue weighted by Crippen LogP contribution is 2.34. The molecule has 2 atom stereocenters. The predicted molar refractivity (Wildman–Crippen MR) is 51.3 cm³/mol. The second-order valence-corrected chi connectivity index (χ2v) is 3.32. The number of ether oxygens (including phenoxy) is 1. The number of hydrogen-bond acceptors (Lipinski definition) is 3. The average Bonchev–Trinajstić information content (AvgIpc) is 2.98. The van der Waals surface area contributed by atoms with Crippen LogP contribution in [0.4, 0.5) is 0 Å². The Kier molecular flexibility index (Phi) is 2.37. The molecule has 0 unspecified atom stereocenters. The van der Waals surface area contributed by atoms with Crippen molar-refractivity contribution in [3.63, 3.8) is 0 Å². The van der Waals surface area contributed by atoms with Gasteiger partial charge in [0.05, 0.1) is 5.92 Å². The van der Waals surface area contributed by atoms with Crippen LogP contribution in [0.25, 0.3) is 0 Å². The molecule has 4 nitrogen and oxygen atoms in total. The van der Waals surface area contributed by atoms with Crippen molar-refractivity contribution in [2.45, 2.75) is 12.5 Å². The molecule has 0 aromatic heterocycles. The molecule has 0 aliphatic heterocycles. The van der Waals surface area contributed by atoms with Gasteiger partial charge in [0.2, 0.25) is 5.91 Å². The Morgan fingerprint density at radius 2 is 2.14 bits per heavy atom. The van der Waals surface area contributed by atoms with E-state index in [1.54, 1.807) is 0 Å². The van der Waals surface area contributed by atoms with Crippen LogP contribution < -0.4 is 16.0 Å². The quantitative estimate of drug-likeness (QED) is 0.415. The summed E-state index contributed by atoms with van der Waals surface area (Å²) in [6.07, 6.45) is 0.735. The van der Waals surface area contributed by atoms with Gasteiger partial charge in [-0.15, -0.1) is 0 Å². The van der Waals surface area contributed by atoms with Crippen molar-refractivity contribution in [1.82, 2.24) is 5.43 Å². The Labute approximate surface area is 82.0 Å². The third kappa shape index (κ3) is 1.85. The minimum atomic E-state index is -0.147. The van der Waals surface area contributed by atoms with Gasteiger partial charge in [-0.1, -0.05) is 18.2 Å². The fourth-order valence-corrected chi connectivity index (χ4v) is 1.36. The van der Waals surface area contributed by atoms with Gasteiger partial charge in [0.25, 0.3) is 0 Å². The maximum atomic E-state index is 11.1. The number of hydrazine groups is 1. The zero-order chi connectivity index (χ0) is 9.97. The molecule has 1 saturated carbocycles. The van der Waals surface area contributed by atoms with Crippen molar-refractivity contribution in [2.24, 2.45) is 11.8 Å². The van der Waals surface area contributed by atoms with Crippen molar-refractivity contribution in [2.75, 3.05) is 0 Å². The standard InChI is InChI=1S/C10H12N2O2/c11-12-10(13)8-6-9(8)14-7-4-2-1-3-5-7/h1-5,8-9H,6,11H2,(H,12,13)/t8-,9-/m1/s1. The fourth-order valence-electron chi connectivity index (χ4n) is 1.36. The Hall–Kier alpha value is -1.55. The monoisotopic (exact) mass is 192 g/mol. The predicted octanol–water partition coefficient (Wildman–Crippen LogP) is 0.444. The number of amides is 1. The van der Waals surface area contributed by atoms with E-state index >= 15 is 0 Å². The molecule has 0 radical (unpaired) electrons. The lowest BCUT2D eigenvalue weighted by atomic mass is 10.3. The van der Waals surface area contributed by atoms with Crippen LogP contribution in [0.1, 0.15) is 6.42 Å². The zero-order valence-electron chi connectivity index (χ0n) is 7.64. The van der Waals surface area contributed by atoms with E-state index in [-0.39, 0.29) is 17.9 Å². The molecule has 1 aromatic rings. The van der Waals surface area contributed by atoms with Gasteiger partial charge in [-0.05, 0) is 12.1 Å². The van der Waals surface area contributed by atoms with E-state index in [1.807, 2.05) is 30.3 Å². The molecule has 1 fully saturated rings. The number of nitrogens with one attached hydrogen (secondary N) is 1. The molecule has 1 amide bonds. The van der Waals surface area contributed by atoms with Gasteiger partial charge in [0, 0.05) is 6.42 Å². The van der Waals surface area contributed by atoms with Gasteiger partial charge in [0.1, 0.15) is 11.9 Å². The fraction of sp³-hybridized carbons (Fsp3) is 0.300. The molecule has 4 heteroatoms. The van der Waals surface area contributed by atoms with Crippen LogP contribution in [0.3, 0.4) is 0 Å². The first kappa shape index (κ1) is 9.02. The van der Waals surface area contributed by atoms with Crippen molar-refractivity contribution < 1.29 is 9.53 Å². The molecule has 1 aliphatic rings. The first-order valence-electron chi connectivity index (χ1n) is 4.53. The second-order valence-electron chi connectivity index (χ2n) is 3.32. The van der Waals surface area contributed by atoms with Crippen LogP contribution >= 0.6 is 0 Å². The van der Waals surface area contributed by atoms with E-state index in [4.69, 9.17) is 10.6 Å². The van der Waals surface area contributed by atoms with E-state index in [0.717, 1.165) is 12.2 Å². The second kappa shape index (κ2) is 3.67. The van der Waals surface area contributed by atoms with Crippen molar-refractivity contribution >= 4 is 5.91 Å². The minimum absolute atomic E-state index is 0.0130. The van der Waals surface area contributed by atoms with Gasteiger partial charge in [-0.3, -0.25) is 10.2 Å². The summed E-state index contributed by atoms with van der Waals surface area (Å²) in [5.74, 6) is 5.58. The van der Waals surface area contributed by atoms with Gasteiger partial charge >= 0.3 is 0 Å². The summed E-state index contributed by atoms with van der Waals surface area (Å²) >= 11 is 0. The van der Waals surface area contributed by atoms with Crippen molar-refractivity contribution in [3.8, 4) is 5.75 Å². The molecule has 2 rings (SSSR count). The van der Waals surface area contributed by atoms with Crippen LogP contribution in [0.2, 0.25) is 0 Å². The van der Waals surface area contributed by atoms with Crippen LogP contribution in [0.15, 0.2) is 30.3 Å². The molecule has 0 spiro atoms. The lowest BCUT2D eigenvalue weighted by Crippen LogP contribution is -2.32. The summed E-state index contributed by atoms with van der Waals surface area (Å²) in [6.45, 7) is 0. The molecule has 1 aliphatic carbocycles. The summed E-state index contributed by atoms with van der Waals surface area (Å²) in [4.78, 5) is 11.1. The van der Waals surface area contributed by atoms with Crippen molar-refractivity contribution in [1.29, 1.82) is 0 Å². The number of carbonyl (C=O) groups is 1. The van der Waals surface area contributed by atoms with E-state index in [0.29, 0.717) is 0 Å². The highest BCUT2D eigenvalue weighted by atomic mass is 16.5. The Morgan fingerprint density at radius 1 is 1.43 bits per heavy atom. The number of rotatable bonds is 3. The molecule has 74 valence electrons. The number of benzene rings is 1. The summed E-state index contributed by atoms with van der Waals surface area (Å²) in [7, 11) is 0. The van der Waals surface area contributed by atoms with Gasteiger partial charge in [-0.2, -0.15) is 0 Å². The van der Waals surface area contributed by atoms with Crippen LogP contribution in [-0.2, 0) is 4.79 Å². The maximum Gasteiger partial charge on any atom is 0.240 e. The average molecular weight is 192 g/mol. The molecular formula is C10H12N2O2. The van der Waals surface area contributed by atoms with Gasteiger partial charge < -0.3 is 4.74 Å². The molecular weight excluding hydrogens is 180 g/mol. The largest absolute Gasteiger partial charge is 0.490 e. The molecule has 14 heavy (non-hydrogen) atoms. The highest BCUT2D eigenvalue weighted by molar-refractivity contribution is 5.81. The van der Waals surface area contributed by atoms with Gasteiger partial charge in [0.15, 0.2) is 0 Å². The SMILES string of the molecule is NNC(=O)[C@@H]1C[C@H]1Oc1ccccc1. The normalized spacial score (nSPS) is 24.1. The first-order valence-corrected chi connectivity index (χ1v) is 4.53. The number of para-hydroxylation sites is 1. The third-order valence-electron chi connectivity index (χ3n) is 2.24. The Morgan fingerprint density at radius 3 is 2.79 bits per heavy atom. The zero-order valence-corrected chi connectivity index (χ0v) is 7.64.